The smallest absolute Gasteiger partial charge is 0.0521 e. The lowest BCUT2D eigenvalue weighted by Crippen LogP contribution is -1.80. The molecule has 11 heavy (non-hydrogen) atoms. The van der Waals surface area contributed by atoms with Crippen molar-refractivity contribution in [2.75, 3.05) is 5.75 Å². The molecule has 0 aliphatic heterocycles. The summed E-state index contributed by atoms with van der Waals surface area (Å²) in [6.45, 7) is 2.00. The zero-order chi connectivity index (χ0) is 8.10. The number of thiol groups is 1. The lowest BCUT2D eigenvalue weighted by molar-refractivity contribution is 1.26. The van der Waals surface area contributed by atoms with Gasteiger partial charge in [0.2, 0.25) is 0 Å². The summed E-state index contributed by atoms with van der Waals surface area (Å²) in [6.07, 6.45) is 3.56. The molecule has 0 fully saturated rings. The first-order valence-electron chi connectivity index (χ1n) is 3.34. The molecule has 0 bridgehead atoms. The van der Waals surface area contributed by atoms with E-state index in [9.17, 15) is 0 Å². The van der Waals surface area contributed by atoms with Crippen molar-refractivity contribution in [3.63, 3.8) is 0 Å². The third-order valence-electron chi connectivity index (χ3n) is 1.19. The van der Waals surface area contributed by atoms with E-state index < -0.39 is 0 Å². The number of hydrogen-bond acceptors (Lipinski definition) is 2. The molecule has 0 aliphatic rings. The van der Waals surface area contributed by atoms with Crippen molar-refractivity contribution in [3.05, 3.63) is 29.6 Å². The van der Waals surface area contributed by atoms with Gasteiger partial charge < -0.3 is 0 Å². The van der Waals surface area contributed by atoms with Crippen LogP contribution < -0.4 is 0 Å². The second-order valence-electron chi connectivity index (χ2n) is 2.21. The third kappa shape index (κ3) is 2.65. The number of pyridine rings is 1. The Hall–Kier alpha value is -0.940. The molecule has 2 heteroatoms. The van der Waals surface area contributed by atoms with E-state index in [1.165, 1.54) is 0 Å². The highest BCUT2D eigenvalue weighted by molar-refractivity contribution is 7.80. The SMILES string of the molecule is Cc1cncc(C#CCS)c1. The molecule has 0 N–H and O–H groups in total. The van der Waals surface area contributed by atoms with Crippen molar-refractivity contribution in [1.82, 2.24) is 4.98 Å². The van der Waals surface area contributed by atoms with Crippen LogP contribution in [0.5, 0.6) is 0 Å². The van der Waals surface area contributed by atoms with Gasteiger partial charge in [0.15, 0.2) is 0 Å². The summed E-state index contributed by atoms with van der Waals surface area (Å²) in [6, 6.07) is 2.00. The first kappa shape index (κ1) is 8.16. The molecular weight excluding hydrogens is 154 g/mol. The van der Waals surface area contributed by atoms with Gasteiger partial charge in [0.05, 0.1) is 5.75 Å². The average Bonchev–Trinajstić information content (AvgIpc) is 2.01. The molecule has 1 rings (SSSR count). The van der Waals surface area contributed by atoms with Crippen molar-refractivity contribution in [2.24, 2.45) is 0 Å². The highest BCUT2D eigenvalue weighted by atomic mass is 32.1. The highest BCUT2D eigenvalue weighted by Gasteiger charge is 1.86. The summed E-state index contributed by atoms with van der Waals surface area (Å²) in [4.78, 5) is 4.01. The predicted molar refractivity (Wildman–Crippen MR) is 49.7 cm³/mol. The van der Waals surface area contributed by atoms with E-state index in [-0.39, 0.29) is 0 Å². The van der Waals surface area contributed by atoms with Gasteiger partial charge in [-0.05, 0) is 18.6 Å². The van der Waals surface area contributed by atoms with Crippen molar-refractivity contribution in [2.45, 2.75) is 6.92 Å². The Labute approximate surface area is 72.3 Å². The number of aryl methyl sites for hydroxylation is 1. The molecule has 1 aromatic heterocycles. The molecule has 56 valence electrons. The second kappa shape index (κ2) is 4.05. The Morgan fingerprint density at radius 2 is 2.36 bits per heavy atom. The maximum absolute atomic E-state index is 4.01. The Bertz CT molecular complexity index is 296. The second-order valence-corrected chi connectivity index (χ2v) is 2.53. The van der Waals surface area contributed by atoms with Gasteiger partial charge in [-0.15, -0.1) is 0 Å². The van der Waals surface area contributed by atoms with Gasteiger partial charge in [-0.25, -0.2) is 0 Å². The Kier molecular flexibility index (Phi) is 3.00. The van der Waals surface area contributed by atoms with Gasteiger partial charge >= 0.3 is 0 Å². The summed E-state index contributed by atoms with van der Waals surface area (Å²) in [5, 5.41) is 0. The van der Waals surface area contributed by atoms with Crippen LogP contribution in [-0.4, -0.2) is 10.7 Å². The fourth-order valence-corrected chi connectivity index (χ4v) is 0.844. The zero-order valence-corrected chi connectivity index (χ0v) is 7.23. The number of rotatable bonds is 0. The Morgan fingerprint density at radius 1 is 1.55 bits per heavy atom. The molecule has 0 saturated carbocycles. The fraction of sp³-hybridized carbons (Fsp3) is 0.222. The van der Waals surface area contributed by atoms with Crippen molar-refractivity contribution in [1.29, 1.82) is 0 Å². The van der Waals surface area contributed by atoms with Crippen LogP contribution in [0.3, 0.4) is 0 Å². The minimum atomic E-state index is 0.591. The first-order valence-corrected chi connectivity index (χ1v) is 3.97. The number of hydrogen-bond donors (Lipinski definition) is 1. The van der Waals surface area contributed by atoms with Gasteiger partial charge in [0.25, 0.3) is 0 Å². The molecule has 0 saturated heterocycles. The van der Waals surface area contributed by atoms with Crippen LogP contribution in [0, 0.1) is 18.8 Å². The van der Waals surface area contributed by atoms with Crippen molar-refractivity contribution in [3.8, 4) is 11.8 Å². The molecular formula is C9H9NS. The molecule has 1 aromatic rings. The van der Waals surface area contributed by atoms with Crippen LogP contribution in [0.25, 0.3) is 0 Å². The highest BCUT2D eigenvalue weighted by Crippen LogP contribution is 1.98. The predicted octanol–water partition coefficient (Wildman–Crippen LogP) is 1.67. The van der Waals surface area contributed by atoms with Gasteiger partial charge in [0, 0.05) is 18.0 Å². The van der Waals surface area contributed by atoms with Crippen LogP contribution in [0.15, 0.2) is 18.5 Å². The fourth-order valence-electron chi connectivity index (χ4n) is 0.765. The summed E-state index contributed by atoms with van der Waals surface area (Å²) >= 11 is 3.98. The monoisotopic (exact) mass is 163 g/mol. The number of nitrogens with zero attached hydrogens (tertiary/aromatic N) is 1. The number of aromatic nitrogens is 1. The van der Waals surface area contributed by atoms with Crippen molar-refractivity contribution >= 4 is 12.6 Å². The summed E-state index contributed by atoms with van der Waals surface area (Å²) < 4.78 is 0. The van der Waals surface area contributed by atoms with E-state index >= 15 is 0 Å². The maximum Gasteiger partial charge on any atom is 0.0521 e. The lowest BCUT2D eigenvalue weighted by Gasteiger charge is -1.90. The van der Waals surface area contributed by atoms with Gasteiger partial charge in [-0.2, -0.15) is 12.6 Å². The summed E-state index contributed by atoms with van der Waals surface area (Å²) in [5.74, 6) is 6.40. The molecule has 0 aliphatic carbocycles. The quantitative estimate of drug-likeness (QED) is 0.453. The van der Waals surface area contributed by atoms with Gasteiger partial charge in [-0.1, -0.05) is 11.8 Å². The Balaban J connectivity index is 2.87. The van der Waals surface area contributed by atoms with Crippen LogP contribution in [0.2, 0.25) is 0 Å². The van der Waals surface area contributed by atoms with E-state index in [2.05, 4.69) is 29.5 Å². The maximum atomic E-state index is 4.01. The lowest BCUT2D eigenvalue weighted by atomic mass is 10.2. The standard InChI is InChI=1S/C9H9NS/c1-8-5-9(3-2-4-11)7-10-6-8/h5-7,11H,4H2,1H3. The minimum absolute atomic E-state index is 0.591. The molecule has 0 atom stereocenters. The molecule has 1 nitrogen and oxygen atoms in total. The molecule has 1 heterocycles. The molecule has 0 radical (unpaired) electrons. The first-order chi connectivity index (χ1) is 5.33. The normalized spacial score (nSPS) is 8.55. The van der Waals surface area contributed by atoms with Crippen LogP contribution in [0.4, 0.5) is 0 Å². The molecule has 0 unspecified atom stereocenters. The van der Waals surface area contributed by atoms with E-state index in [1.54, 1.807) is 6.20 Å². The van der Waals surface area contributed by atoms with Crippen LogP contribution >= 0.6 is 12.6 Å². The molecule has 0 aromatic carbocycles. The summed E-state index contributed by atoms with van der Waals surface area (Å²) in [5.41, 5.74) is 2.09. The van der Waals surface area contributed by atoms with Gasteiger partial charge in [0.1, 0.15) is 0 Å². The molecule has 0 spiro atoms. The Morgan fingerprint density at radius 3 is 3.00 bits per heavy atom. The topological polar surface area (TPSA) is 12.9 Å². The molecule has 0 amide bonds. The largest absolute Gasteiger partial charge is 0.263 e. The van der Waals surface area contributed by atoms with Gasteiger partial charge in [-0.3, -0.25) is 4.98 Å². The van der Waals surface area contributed by atoms with Crippen LogP contribution in [-0.2, 0) is 0 Å². The zero-order valence-electron chi connectivity index (χ0n) is 6.33. The average molecular weight is 163 g/mol. The van der Waals surface area contributed by atoms with E-state index in [0.717, 1.165) is 11.1 Å². The van der Waals surface area contributed by atoms with E-state index in [1.807, 2.05) is 19.2 Å². The minimum Gasteiger partial charge on any atom is -0.263 e. The van der Waals surface area contributed by atoms with Crippen LogP contribution in [0.1, 0.15) is 11.1 Å². The van der Waals surface area contributed by atoms with Crippen molar-refractivity contribution < 1.29 is 0 Å². The summed E-state index contributed by atoms with van der Waals surface area (Å²) in [7, 11) is 0. The van der Waals surface area contributed by atoms with E-state index in [4.69, 9.17) is 0 Å². The third-order valence-corrected chi connectivity index (χ3v) is 1.34. The van der Waals surface area contributed by atoms with E-state index in [0.29, 0.717) is 5.75 Å².